The second-order valence-corrected chi connectivity index (χ2v) is 8.48. The molecular weight excluding hydrogens is 376 g/mol. The van der Waals surface area contributed by atoms with Gasteiger partial charge in [-0.3, -0.25) is 4.90 Å². The molecule has 0 bridgehead atoms. The predicted octanol–water partition coefficient (Wildman–Crippen LogP) is 2.81. The minimum atomic E-state index is 0.551. The monoisotopic (exact) mass is 400 g/mol. The Labute approximate surface area is 167 Å². The predicted molar refractivity (Wildman–Crippen MR) is 104 cm³/mol. The maximum absolute atomic E-state index is 5.40. The van der Waals surface area contributed by atoms with Crippen LogP contribution in [0.3, 0.4) is 0 Å². The van der Waals surface area contributed by atoms with E-state index in [1.807, 2.05) is 17.5 Å². The van der Waals surface area contributed by atoms with Crippen molar-refractivity contribution in [3.8, 4) is 10.7 Å². The summed E-state index contributed by atoms with van der Waals surface area (Å²) in [5.74, 6) is 3.63. The van der Waals surface area contributed by atoms with Gasteiger partial charge >= 0.3 is 0 Å². The van der Waals surface area contributed by atoms with Crippen molar-refractivity contribution in [1.29, 1.82) is 0 Å². The molecule has 0 radical (unpaired) electrons. The molecular formula is C19H24N6O2S. The zero-order valence-electron chi connectivity index (χ0n) is 15.8. The summed E-state index contributed by atoms with van der Waals surface area (Å²) in [5.41, 5.74) is 0. The van der Waals surface area contributed by atoms with E-state index in [1.54, 1.807) is 11.3 Å². The number of hydrogen-bond acceptors (Lipinski definition) is 9. The summed E-state index contributed by atoms with van der Waals surface area (Å²) >= 11 is 1.63. The molecule has 1 saturated heterocycles. The van der Waals surface area contributed by atoms with E-state index in [9.17, 15) is 0 Å². The Balaban J connectivity index is 1.02. The molecule has 148 valence electrons. The molecule has 3 aromatic heterocycles. The summed E-state index contributed by atoms with van der Waals surface area (Å²) in [6, 6.07) is 4.01. The van der Waals surface area contributed by atoms with Crippen LogP contribution in [0.4, 0.5) is 0 Å². The highest BCUT2D eigenvalue weighted by Crippen LogP contribution is 2.38. The van der Waals surface area contributed by atoms with Crippen LogP contribution < -0.4 is 0 Å². The highest BCUT2D eigenvalue weighted by atomic mass is 32.1. The molecule has 28 heavy (non-hydrogen) atoms. The van der Waals surface area contributed by atoms with Crippen LogP contribution in [0.15, 0.2) is 26.6 Å². The molecule has 4 heterocycles. The van der Waals surface area contributed by atoms with Crippen molar-refractivity contribution in [1.82, 2.24) is 30.1 Å². The van der Waals surface area contributed by atoms with Gasteiger partial charge in [0.05, 0.1) is 11.4 Å². The van der Waals surface area contributed by atoms with Gasteiger partial charge in [0.2, 0.25) is 17.6 Å². The molecule has 5 rings (SSSR count). The first-order chi connectivity index (χ1) is 13.8. The van der Waals surface area contributed by atoms with Crippen LogP contribution in [0.5, 0.6) is 0 Å². The molecule has 2 fully saturated rings. The third-order valence-corrected chi connectivity index (χ3v) is 6.19. The van der Waals surface area contributed by atoms with Crippen LogP contribution in [-0.4, -0.2) is 62.8 Å². The summed E-state index contributed by atoms with van der Waals surface area (Å²) in [6.07, 6.45) is 4.26. The van der Waals surface area contributed by atoms with Gasteiger partial charge in [-0.25, -0.2) is 0 Å². The number of piperazine rings is 1. The molecule has 2 aliphatic rings. The molecule has 0 unspecified atom stereocenters. The first-order valence-electron chi connectivity index (χ1n) is 9.97. The quantitative estimate of drug-likeness (QED) is 0.571. The lowest BCUT2D eigenvalue weighted by atomic mass is 10.2. The molecule has 0 spiro atoms. The van der Waals surface area contributed by atoms with Crippen LogP contribution in [0.2, 0.25) is 0 Å². The van der Waals surface area contributed by atoms with Crippen LogP contribution in [0, 0.1) is 0 Å². The van der Waals surface area contributed by atoms with Gasteiger partial charge in [0.25, 0.3) is 0 Å². The minimum Gasteiger partial charge on any atom is -0.339 e. The molecule has 3 aromatic rings. The average molecular weight is 401 g/mol. The normalized spacial score (nSPS) is 18.7. The SMILES string of the molecule is c1csc(-c2noc(CCCN3CCN(Cc4nc(C5CC5)no4)CC3)n2)c1. The zero-order chi connectivity index (χ0) is 18.8. The molecule has 0 amide bonds. The topological polar surface area (TPSA) is 84.3 Å². The van der Waals surface area contributed by atoms with Gasteiger partial charge < -0.3 is 13.9 Å². The first-order valence-corrected chi connectivity index (χ1v) is 10.8. The van der Waals surface area contributed by atoms with Gasteiger partial charge in [0, 0.05) is 38.5 Å². The van der Waals surface area contributed by atoms with E-state index in [4.69, 9.17) is 9.05 Å². The molecule has 8 nitrogen and oxygen atoms in total. The van der Waals surface area contributed by atoms with Gasteiger partial charge in [-0.2, -0.15) is 9.97 Å². The summed E-state index contributed by atoms with van der Waals surface area (Å²) in [6.45, 7) is 6.01. The minimum absolute atomic E-state index is 0.551. The largest absolute Gasteiger partial charge is 0.339 e. The van der Waals surface area contributed by atoms with Crippen molar-refractivity contribution in [2.24, 2.45) is 0 Å². The average Bonchev–Trinajstić information content (AvgIpc) is 3.13. The van der Waals surface area contributed by atoms with E-state index in [-0.39, 0.29) is 0 Å². The van der Waals surface area contributed by atoms with Crippen molar-refractivity contribution in [2.75, 3.05) is 32.7 Å². The van der Waals surface area contributed by atoms with E-state index < -0.39 is 0 Å². The molecule has 0 atom stereocenters. The standard InChI is InChI=1S/C19H24N6O2S/c1(4-16-20-19(23-26-16)15-3-2-12-28-15)7-24-8-10-25(11-9-24)13-17-21-18(22-27-17)14-5-6-14/h2-3,12,14H,1,4-11,13H2. The molecule has 1 aliphatic carbocycles. The third-order valence-electron chi connectivity index (χ3n) is 5.32. The molecule has 0 N–H and O–H groups in total. The number of aromatic nitrogens is 4. The van der Waals surface area contributed by atoms with Crippen LogP contribution in [0.1, 0.15) is 42.8 Å². The van der Waals surface area contributed by atoms with Gasteiger partial charge in [-0.1, -0.05) is 16.4 Å². The van der Waals surface area contributed by atoms with E-state index >= 15 is 0 Å². The summed E-state index contributed by atoms with van der Waals surface area (Å²) in [5, 5.41) is 10.2. The molecule has 1 aliphatic heterocycles. The fraction of sp³-hybridized carbons (Fsp3) is 0.579. The van der Waals surface area contributed by atoms with Crippen LogP contribution >= 0.6 is 11.3 Å². The Morgan fingerprint density at radius 3 is 2.61 bits per heavy atom. The van der Waals surface area contributed by atoms with Gasteiger partial charge in [0.15, 0.2) is 5.82 Å². The van der Waals surface area contributed by atoms with Gasteiger partial charge in [-0.15, -0.1) is 11.3 Å². The van der Waals surface area contributed by atoms with Crippen molar-refractivity contribution in [3.63, 3.8) is 0 Å². The maximum Gasteiger partial charge on any atom is 0.240 e. The van der Waals surface area contributed by atoms with E-state index in [2.05, 4.69) is 30.1 Å². The summed E-state index contributed by atoms with van der Waals surface area (Å²) in [7, 11) is 0. The van der Waals surface area contributed by atoms with E-state index in [0.29, 0.717) is 11.7 Å². The lowest BCUT2D eigenvalue weighted by Crippen LogP contribution is -2.46. The van der Waals surface area contributed by atoms with Crippen molar-refractivity contribution < 1.29 is 9.05 Å². The fourth-order valence-electron chi connectivity index (χ4n) is 3.52. The number of hydrogen-bond donors (Lipinski definition) is 0. The lowest BCUT2D eigenvalue weighted by molar-refractivity contribution is 0.115. The smallest absolute Gasteiger partial charge is 0.240 e. The number of aryl methyl sites for hydroxylation is 1. The Kier molecular flexibility index (Phi) is 5.20. The zero-order valence-corrected chi connectivity index (χ0v) is 16.6. The molecule has 0 aromatic carbocycles. The molecule has 9 heteroatoms. The van der Waals surface area contributed by atoms with Crippen molar-refractivity contribution in [2.45, 2.75) is 38.1 Å². The van der Waals surface area contributed by atoms with E-state index in [1.165, 1.54) is 12.8 Å². The van der Waals surface area contributed by atoms with Gasteiger partial charge in [0.1, 0.15) is 0 Å². The lowest BCUT2D eigenvalue weighted by Gasteiger charge is -2.33. The highest BCUT2D eigenvalue weighted by Gasteiger charge is 2.29. The molecule has 1 saturated carbocycles. The van der Waals surface area contributed by atoms with Crippen molar-refractivity contribution in [3.05, 3.63) is 35.1 Å². The number of rotatable bonds is 8. The number of thiophene rings is 1. The third kappa shape index (κ3) is 4.31. The maximum atomic E-state index is 5.40. The second-order valence-electron chi connectivity index (χ2n) is 7.53. The Morgan fingerprint density at radius 1 is 1.00 bits per heavy atom. The van der Waals surface area contributed by atoms with Crippen LogP contribution in [-0.2, 0) is 13.0 Å². The van der Waals surface area contributed by atoms with Crippen molar-refractivity contribution >= 4 is 11.3 Å². The Morgan fingerprint density at radius 2 is 1.82 bits per heavy atom. The summed E-state index contributed by atoms with van der Waals surface area (Å²) < 4.78 is 10.8. The van der Waals surface area contributed by atoms with Crippen LogP contribution in [0.25, 0.3) is 10.7 Å². The second kappa shape index (κ2) is 8.10. The Hall–Kier alpha value is -2.10. The highest BCUT2D eigenvalue weighted by molar-refractivity contribution is 7.13. The fourth-order valence-corrected chi connectivity index (χ4v) is 4.17. The van der Waals surface area contributed by atoms with E-state index in [0.717, 1.165) is 74.6 Å². The summed E-state index contributed by atoms with van der Waals surface area (Å²) in [4.78, 5) is 15.0. The first kappa shape index (κ1) is 18.0. The van der Waals surface area contributed by atoms with Gasteiger partial charge in [-0.05, 0) is 37.3 Å². The number of nitrogens with zero attached hydrogens (tertiary/aromatic N) is 6. The Bertz CT molecular complexity index is 880.